The van der Waals surface area contributed by atoms with Crippen LogP contribution >= 0.6 is 0 Å². The van der Waals surface area contributed by atoms with Crippen LogP contribution in [0.1, 0.15) is 47.5 Å². The summed E-state index contributed by atoms with van der Waals surface area (Å²) in [6, 6.07) is 31.9. The Bertz CT molecular complexity index is 2200. The first-order chi connectivity index (χ1) is 21.9. The molecule has 4 aromatic carbocycles. The molecule has 0 spiro atoms. The van der Waals surface area contributed by atoms with E-state index in [0.717, 1.165) is 58.1 Å². The van der Waals surface area contributed by atoms with Crippen LogP contribution in [0, 0.1) is 27.7 Å². The van der Waals surface area contributed by atoms with E-state index < -0.39 is 0 Å². The minimum Gasteiger partial charge on any atom is -0.457 e. The van der Waals surface area contributed by atoms with Crippen molar-refractivity contribution in [2.45, 2.75) is 54.4 Å². The second-order valence-electron chi connectivity index (χ2n) is 12.0. The lowest BCUT2D eigenvalue weighted by Crippen LogP contribution is -2.03. The lowest BCUT2D eigenvalue weighted by Gasteiger charge is -2.14. The molecule has 0 N–H and O–H groups in total. The van der Waals surface area contributed by atoms with Gasteiger partial charge >= 0.3 is 0 Å². The monoisotopic (exact) mass is 590 g/mol. The molecule has 0 saturated carbocycles. The maximum atomic E-state index is 6.62. The highest BCUT2D eigenvalue weighted by Crippen LogP contribution is 2.38. The van der Waals surface area contributed by atoms with Crippen molar-refractivity contribution in [3.05, 3.63) is 131 Å². The molecule has 0 aliphatic heterocycles. The van der Waals surface area contributed by atoms with Gasteiger partial charge in [0.15, 0.2) is 0 Å². The molecule has 7 aromatic rings. The summed E-state index contributed by atoms with van der Waals surface area (Å²) in [5.41, 5.74) is 12.9. The summed E-state index contributed by atoms with van der Waals surface area (Å²) in [5, 5.41) is 7.55. The second-order valence-corrected chi connectivity index (χ2v) is 12.0. The number of ether oxygens (including phenoxy) is 1. The van der Waals surface area contributed by atoms with Crippen LogP contribution in [0.4, 0.5) is 0 Å². The first kappa shape index (κ1) is 28.6. The number of hydrogen-bond donors (Lipinski definition) is 0. The van der Waals surface area contributed by atoms with Gasteiger partial charge in [0, 0.05) is 34.7 Å². The average Bonchev–Trinajstić information content (AvgIpc) is 3.56. The third-order valence-corrected chi connectivity index (χ3v) is 8.75. The molecule has 0 fully saturated rings. The quantitative estimate of drug-likeness (QED) is 0.186. The summed E-state index contributed by atoms with van der Waals surface area (Å²) in [6.45, 7) is 13.0. The fourth-order valence-electron chi connectivity index (χ4n) is 6.74. The van der Waals surface area contributed by atoms with Crippen LogP contribution in [0.3, 0.4) is 0 Å². The SMILES string of the molecule is CCc1nn(-c2cc(C)cc(Oc3ccc4c5ccccc5n(-c5cc(C)ccn5)c4c3)c2)c(CC)c1-c1c(C)cccc1C. The smallest absolute Gasteiger partial charge is 0.137 e. The summed E-state index contributed by atoms with van der Waals surface area (Å²) in [7, 11) is 0. The third-order valence-electron chi connectivity index (χ3n) is 8.75. The van der Waals surface area contributed by atoms with Gasteiger partial charge in [-0.1, -0.05) is 50.2 Å². The molecule has 0 saturated heterocycles. The first-order valence-electron chi connectivity index (χ1n) is 15.8. The number of aromatic nitrogens is 4. The molecular weight excluding hydrogens is 552 g/mol. The van der Waals surface area contributed by atoms with Gasteiger partial charge in [-0.15, -0.1) is 0 Å². The molecule has 0 atom stereocenters. The van der Waals surface area contributed by atoms with Crippen LogP contribution < -0.4 is 4.74 Å². The van der Waals surface area contributed by atoms with E-state index in [1.807, 2.05) is 12.3 Å². The second kappa shape index (κ2) is 11.4. The van der Waals surface area contributed by atoms with Gasteiger partial charge in [-0.3, -0.25) is 4.57 Å². The van der Waals surface area contributed by atoms with Crippen LogP contribution in [-0.2, 0) is 12.8 Å². The highest BCUT2D eigenvalue weighted by Gasteiger charge is 2.22. The van der Waals surface area contributed by atoms with Crippen molar-refractivity contribution in [1.29, 1.82) is 0 Å². The Morgan fingerprint density at radius 3 is 2.18 bits per heavy atom. The maximum absolute atomic E-state index is 6.62. The molecule has 224 valence electrons. The number of fused-ring (bicyclic) bond motifs is 3. The topological polar surface area (TPSA) is 44.9 Å². The van der Waals surface area contributed by atoms with Crippen molar-refractivity contribution < 1.29 is 4.74 Å². The highest BCUT2D eigenvalue weighted by molar-refractivity contribution is 6.09. The molecule has 0 aliphatic carbocycles. The largest absolute Gasteiger partial charge is 0.457 e. The summed E-state index contributed by atoms with van der Waals surface area (Å²) in [5.74, 6) is 2.45. The Morgan fingerprint density at radius 2 is 1.42 bits per heavy atom. The first-order valence-corrected chi connectivity index (χ1v) is 15.8. The predicted octanol–water partition coefficient (Wildman–Crippen LogP) is 10.2. The van der Waals surface area contributed by atoms with Gasteiger partial charge in [-0.2, -0.15) is 5.10 Å². The molecule has 3 heterocycles. The molecule has 5 heteroatoms. The zero-order valence-corrected chi connectivity index (χ0v) is 26.8. The molecule has 0 aliphatic rings. The van der Waals surface area contributed by atoms with E-state index in [9.17, 15) is 0 Å². The van der Waals surface area contributed by atoms with E-state index in [2.05, 4.69) is 136 Å². The average molecular weight is 591 g/mol. The standard InChI is InChI=1S/C40H38N4O/c1-7-34-40(39-27(5)12-11-13-28(39)6)35(8-2)44(42-34)29-20-26(4)21-31(23-29)45-30-16-17-33-32-14-9-10-15-36(32)43(37(33)24-30)38-22-25(3)18-19-41-38/h9-24H,7-8H2,1-6H3. The highest BCUT2D eigenvalue weighted by atomic mass is 16.5. The molecule has 45 heavy (non-hydrogen) atoms. The van der Waals surface area contributed by atoms with Gasteiger partial charge in [0.1, 0.15) is 17.3 Å². The van der Waals surface area contributed by atoms with Gasteiger partial charge in [0.05, 0.1) is 28.1 Å². The van der Waals surface area contributed by atoms with E-state index in [-0.39, 0.29) is 0 Å². The minimum atomic E-state index is 0.775. The summed E-state index contributed by atoms with van der Waals surface area (Å²) in [6.07, 6.45) is 3.60. The molecule has 0 unspecified atom stereocenters. The number of benzene rings is 4. The fraction of sp³-hybridized carbons (Fsp3) is 0.200. The number of nitrogens with zero attached hydrogens (tertiary/aromatic N) is 4. The Kier molecular flexibility index (Phi) is 7.25. The zero-order chi connectivity index (χ0) is 31.2. The number of rotatable bonds is 7. The van der Waals surface area contributed by atoms with Crippen molar-refractivity contribution in [3.63, 3.8) is 0 Å². The summed E-state index contributed by atoms with van der Waals surface area (Å²) in [4.78, 5) is 4.73. The maximum Gasteiger partial charge on any atom is 0.137 e. The van der Waals surface area contributed by atoms with Crippen molar-refractivity contribution >= 4 is 21.8 Å². The normalized spacial score (nSPS) is 11.5. The van der Waals surface area contributed by atoms with Gasteiger partial charge in [0.25, 0.3) is 0 Å². The Labute approximate surface area is 264 Å². The van der Waals surface area contributed by atoms with E-state index in [1.54, 1.807) is 0 Å². The van der Waals surface area contributed by atoms with E-state index >= 15 is 0 Å². The number of para-hydroxylation sites is 1. The minimum absolute atomic E-state index is 0.775. The van der Waals surface area contributed by atoms with Crippen LogP contribution in [0.5, 0.6) is 11.5 Å². The molecular formula is C40H38N4O. The van der Waals surface area contributed by atoms with Crippen molar-refractivity contribution in [3.8, 4) is 34.1 Å². The molecule has 0 amide bonds. The number of pyridine rings is 1. The predicted molar refractivity (Wildman–Crippen MR) is 185 cm³/mol. The van der Waals surface area contributed by atoms with Crippen molar-refractivity contribution in [2.75, 3.05) is 0 Å². The Morgan fingerprint density at radius 1 is 0.644 bits per heavy atom. The van der Waals surface area contributed by atoms with Gasteiger partial charge in [-0.25, -0.2) is 9.67 Å². The van der Waals surface area contributed by atoms with Gasteiger partial charge in [0.2, 0.25) is 0 Å². The van der Waals surface area contributed by atoms with Crippen LogP contribution in [0.25, 0.3) is 44.4 Å². The zero-order valence-electron chi connectivity index (χ0n) is 26.8. The third kappa shape index (κ3) is 4.98. The summed E-state index contributed by atoms with van der Waals surface area (Å²) >= 11 is 0. The molecule has 5 nitrogen and oxygen atoms in total. The van der Waals surface area contributed by atoms with Crippen LogP contribution in [0.15, 0.2) is 97.2 Å². The number of hydrogen-bond acceptors (Lipinski definition) is 3. The van der Waals surface area contributed by atoms with Crippen LogP contribution in [-0.4, -0.2) is 19.3 Å². The Hall–Kier alpha value is -5.16. The molecule has 0 radical (unpaired) electrons. The fourth-order valence-corrected chi connectivity index (χ4v) is 6.74. The van der Waals surface area contributed by atoms with Gasteiger partial charge < -0.3 is 4.74 Å². The van der Waals surface area contributed by atoms with Gasteiger partial charge in [-0.05, 0) is 111 Å². The molecule has 3 aromatic heterocycles. The Balaban J connectivity index is 1.33. The van der Waals surface area contributed by atoms with E-state index in [0.29, 0.717) is 0 Å². The van der Waals surface area contributed by atoms with E-state index in [1.165, 1.54) is 44.3 Å². The van der Waals surface area contributed by atoms with Crippen molar-refractivity contribution in [2.24, 2.45) is 0 Å². The summed E-state index contributed by atoms with van der Waals surface area (Å²) < 4.78 is 11.0. The van der Waals surface area contributed by atoms with Crippen molar-refractivity contribution in [1.82, 2.24) is 19.3 Å². The molecule has 7 rings (SSSR count). The molecule has 0 bridgehead atoms. The lowest BCUT2D eigenvalue weighted by atomic mass is 9.92. The van der Waals surface area contributed by atoms with Crippen LogP contribution in [0.2, 0.25) is 0 Å². The lowest BCUT2D eigenvalue weighted by molar-refractivity contribution is 0.482. The number of aryl methyl sites for hydroxylation is 5. The van der Waals surface area contributed by atoms with E-state index in [4.69, 9.17) is 14.8 Å².